The lowest BCUT2D eigenvalue weighted by atomic mass is 10.1. The van der Waals surface area contributed by atoms with E-state index in [0.29, 0.717) is 18.7 Å². The van der Waals surface area contributed by atoms with Gasteiger partial charge in [0.25, 0.3) is 0 Å². The Labute approximate surface area is 217 Å². The van der Waals surface area contributed by atoms with Crippen LogP contribution in [0.5, 0.6) is 5.75 Å². The van der Waals surface area contributed by atoms with Crippen LogP contribution in [0.2, 0.25) is 10.0 Å². The summed E-state index contributed by atoms with van der Waals surface area (Å²) in [5, 5.41) is 3.00. The Balaban J connectivity index is 2.48. The van der Waals surface area contributed by atoms with Gasteiger partial charge in [0.2, 0.25) is 21.8 Å². The second-order valence-corrected chi connectivity index (χ2v) is 10.6. The van der Waals surface area contributed by atoms with Crippen LogP contribution in [0.1, 0.15) is 32.3 Å². The molecule has 0 aliphatic heterocycles. The Morgan fingerprint density at radius 1 is 1.11 bits per heavy atom. The summed E-state index contributed by atoms with van der Waals surface area (Å²) in [7, 11) is -2.38. The number of benzene rings is 2. The molecule has 0 radical (unpaired) electrons. The number of carbonyl (C=O) groups is 2. The summed E-state index contributed by atoms with van der Waals surface area (Å²) in [6.07, 6.45) is 2.05. The normalized spacial score (nSPS) is 12.1. The van der Waals surface area contributed by atoms with Crippen molar-refractivity contribution in [3.63, 3.8) is 0 Å². The van der Waals surface area contributed by atoms with E-state index in [4.69, 9.17) is 27.9 Å². The molecular formula is C24H31Cl2N3O5S. The van der Waals surface area contributed by atoms with Gasteiger partial charge >= 0.3 is 0 Å². The smallest absolute Gasteiger partial charge is 0.244 e. The highest BCUT2D eigenvalue weighted by atomic mass is 35.5. The van der Waals surface area contributed by atoms with Gasteiger partial charge in [-0.2, -0.15) is 0 Å². The molecule has 2 amide bonds. The van der Waals surface area contributed by atoms with E-state index in [1.165, 1.54) is 24.1 Å². The van der Waals surface area contributed by atoms with E-state index in [0.717, 1.165) is 22.5 Å². The maximum Gasteiger partial charge on any atom is 0.244 e. The molecule has 2 aromatic carbocycles. The summed E-state index contributed by atoms with van der Waals surface area (Å²) in [5.74, 6) is -0.271. The molecule has 0 aliphatic carbocycles. The molecule has 1 unspecified atom stereocenters. The van der Waals surface area contributed by atoms with Crippen molar-refractivity contribution in [2.75, 3.05) is 30.8 Å². The van der Waals surface area contributed by atoms with Crippen LogP contribution in [0, 0.1) is 0 Å². The SMILES string of the molecule is CCCNC(=O)C(CC)N(Cc1cccc(OC)c1)C(=O)CN(c1cccc(Cl)c1Cl)S(C)(=O)=O. The molecule has 0 heterocycles. The molecule has 0 aromatic heterocycles. The zero-order chi connectivity index (χ0) is 26.2. The molecule has 0 spiro atoms. The highest BCUT2D eigenvalue weighted by Gasteiger charge is 2.32. The Bertz CT molecular complexity index is 1140. The molecule has 0 bridgehead atoms. The Morgan fingerprint density at radius 3 is 2.40 bits per heavy atom. The molecule has 0 aliphatic rings. The van der Waals surface area contributed by atoms with Crippen molar-refractivity contribution in [3.8, 4) is 5.75 Å². The largest absolute Gasteiger partial charge is 0.497 e. The number of anilines is 1. The number of hydrogen-bond acceptors (Lipinski definition) is 5. The van der Waals surface area contributed by atoms with Crippen molar-refractivity contribution in [1.29, 1.82) is 0 Å². The van der Waals surface area contributed by atoms with Crippen LogP contribution < -0.4 is 14.4 Å². The van der Waals surface area contributed by atoms with Crippen LogP contribution in [0.3, 0.4) is 0 Å². The van der Waals surface area contributed by atoms with E-state index in [1.807, 2.05) is 13.0 Å². The average Bonchev–Trinajstić information content (AvgIpc) is 2.82. The average molecular weight is 545 g/mol. The van der Waals surface area contributed by atoms with Crippen LogP contribution in [0.4, 0.5) is 5.69 Å². The van der Waals surface area contributed by atoms with Crippen molar-refractivity contribution in [1.82, 2.24) is 10.2 Å². The second kappa shape index (κ2) is 13.0. The van der Waals surface area contributed by atoms with Gasteiger partial charge in [0.15, 0.2) is 0 Å². The van der Waals surface area contributed by atoms with Crippen LogP contribution in [-0.4, -0.2) is 57.6 Å². The number of ether oxygens (including phenoxy) is 1. The third kappa shape index (κ3) is 7.75. The minimum Gasteiger partial charge on any atom is -0.497 e. The van der Waals surface area contributed by atoms with E-state index in [-0.39, 0.29) is 28.2 Å². The molecule has 8 nitrogen and oxygen atoms in total. The predicted octanol–water partition coefficient (Wildman–Crippen LogP) is 4.10. The minimum absolute atomic E-state index is 0.0134. The molecule has 192 valence electrons. The third-order valence-electron chi connectivity index (χ3n) is 5.30. The van der Waals surface area contributed by atoms with Gasteiger partial charge in [-0.1, -0.05) is 55.2 Å². The number of hydrogen-bond donors (Lipinski definition) is 1. The summed E-state index contributed by atoms with van der Waals surface area (Å²) in [5.41, 5.74) is 0.811. The summed E-state index contributed by atoms with van der Waals surface area (Å²) in [6, 6.07) is 10.9. The number of methoxy groups -OCH3 is 1. The summed E-state index contributed by atoms with van der Waals surface area (Å²) >= 11 is 12.4. The number of nitrogens with zero attached hydrogens (tertiary/aromatic N) is 2. The molecule has 2 aromatic rings. The Morgan fingerprint density at radius 2 is 1.80 bits per heavy atom. The standard InChI is InChI=1S/C24H31Cl2N3O5S/c1-5-13-27-24(31)20(6-2)28(15-17-9-7-10-18(14-17)34-3)22(30)16-29(35(4,32)33)21-12-8-11-19(25)23(21)26/h7-12,14,20H,5-6,13,15-16H2,1-4H3,(H,27,31). The lowest BCUT2D eigenvalue weighted by molar-refractivity contribution is -0.140. The highest BCUT2D eigenvalue weighted by Crippen LogP contribution is 2.33. The van der Waals surface area contributed by atoms with Crippen LogP contribution in [-0.2, 0) is 26.2 Å². The molecule has 0 saturated carbocycles. The number of rotatable bonds is 12. The van der Waals surface area contributed by atoms with Crippen molar-refractivity contribution >= 4 is 50.7 Å². The van der Waals surface area contributed by atoms with E-state index in [1.54, 1.807) is 31.2 Å². The maximum atomic E-state index is 13.6. The first-order chi connectivity index (χ1) is 16.5. The van der Waals surface area contributed by atoms with Gasteiger partial charge in [-0.25, -0.2) is 8.42 Å². The molecule has 35 heavy (non-hydrogen) atoms. The summed E-state index contributed by atoms with van der Waals surface area (Å²) < 4.78 is 31.5. The van der Waals surface area contributed by atoms with Crippen LogP contribution >= 0.6 is 23.2 Å². The molecule has 1 N–H and O–H groups in total. The van der Waals surface area contributed by atoms with Gasteiger partial charge in [0, 0.05) is 13.1 Å². The number of halogens is 2. The Hall–Kier alpha value is -2.49. The van der Waals surface area contributed by atoms with Gasteiger partial charge in [-0.15, -0.1) is 0 Å². The summed E-state index contributed by atoms with van der Waals surface area (Å²) in [4.78, 5) is 28.0. The van der Waals surface area contributed by atoms with E-state index in [9.17, 15) is 18.0 Å². The first-order valence-corrected chi connectivity index (χ1v) is 13.8. The molecule has 0 fully saturated rings. The number of amides is 2. The molecule has 1 atom stereocenters. The van der Waals surface area contributed by atoms with Crippen LogP contribution in [0.15, 0.2) is 42.5 Å². The van der Waals surface area contributed by atoms with Crippen molar-refractivity contribution in [3.05, 3.63) is 58.1 Å². The molecular weight excluding hydrogens is 513 g/mol. The van der Waals surface area contributed by atoms with Gasteiger partial charge in [-0.05, 0) is 42.7 Å². The number of sulfonamides is 1. The van der Waals surface area contributed by atoms with Gasteiger partial charge in [0.05, 0.1) is 29.1 Å². The van der Waals surface area contributed by atoms with E-state index < -0.39 is 28.5 Å². The fourth-order valence-electron chi connectivity index (χ4n) is 3.53. The molecule has 2 rings (SSSR count). The van der Waals surface area contributed by atoms with Crippen molar-refractivity contribution in [2.45, 2.75) is 39.3 Å². The van der Waals surface area contributed by atoms with Crippen molar-refractivity contribution < 1.29 is 22.7 Å². The Kier molecular flexibility index (Phi) is 10.7. The number of nitrogens with one attached hydrogen (secondary N) is 1. The lowest BCUT2D eigenvalue weighted by Gasteiger charge is -2.33. The molecule has 0 saturated heterocycles. The summed E-state index contributed by atoms with van der Waals surface area (Å²) in [6.45, 7) is 3.71. The molecule has 11 heteroatoms. The topological polar surface area (TPSA) is 96.0 Å². The van der Waals surface area contributed by atoms with Gasteiger partial charge < -0.3 is 15.0 Å². The lowest BCUT2D eigenvalue weighted by Crippen LogP contribution is -2.52. The zero-order valence-electron chi connectivity index (χ0n) is 20.3. The fraction of sp³-hybridized carbons (Fsp3) is 0.417. The quantitative estimate of drug-likeness (QED) is 0.434. The first kappa shape index (κ1) is 28.7. The first-order valence-electron chi connectivity index (χ1n) is 11.1. The van der Waals surface area contributed by atoms with E-state index >= 15 is 0 Å². The fourth-order valence-corrected chi connectivity index (χ4v) is 4.83. The van der Waals surface area contributed by atoms with Gasteiger partial charge in [0.1, 0.15) is 18.3 Å². The van der Waals surface area contributed by atoms with Crippen LogP contribution in [0.25, 0.3) is 0 Å². The number of carbonyl (C=O) groups excluding carboxylic acids is 2. The van der Waals surface area contributed by atoms with Crippen molar-refractivity contribution in [2.24, 2.45) is 0 Å². The maximum absolute atomic E-state index is 13.6. The van der Waals surface area contributed by atoms with Gasteiger partial charge in [-0.3, -0.25) is 13.9 Å². The third-order valence-corrected chi connectivity index (χ3v) is 7.24. The minimum atomic E-state index is -3.91. The highest BCUT2D eigenvalue weighted by molar-refractivity contribution is 7.92. The zero-order valence-corrected chi connectivity index (χ0v) is 22.6. The second-order valence-electron chi connectivity index (χ2n) is 7.93. The van der Waals surface area contributed by atoms with E-state index in [2.05, 4.69) is 5.32 Å². The monoisotopic (exact) mass is 543 g/mol. The predicted molar refractivity (Wildman–Crippen MR) is 140 cm³/mol.